The van der Waals surface area contributed by atoms with Crippen LogP contribution in [-0.4, -0.2) is 3.53 Å². The Bertz CT molecular complexity index is 426. The van der Waals surface area contributed by atoms with Crippen LogP contribution < -0.4 is 0 Å². The van der Waals surface area contributed by atoms with Gasteiger partial charge in [0.05, 0.1) is 3.53 Å². The molecular weight excluding hydrogens is 252 g/mol. The van der Waals surface area contributed by atoms with Crippen LogP contribution in [0.4, 0.5) is 0 Å². The van der Waals surface area contributed by atoms with E-state index in [1.165, 1.54) is 9.79 Å². The van der Waals surface area contributed by atoms with E-state index in [0.717, 1.165) is 3.53 Å². The lowest BCUT2D eigenvalue weighted by molar-refractivity contribution is 1.40. The lowest BCUT2D eigenvalue weighted by Crippen LogP contribution is -1.90. The highest BCUT2D eigenvalue weighted by molar-refractivity contribution is 8.50. The molecule has 0 spiro atoms. The Labute approximate surface area is 109 Å². The minimum atomic E-state index is -0.614. The van der Waals surface area contributed by atoms with Gasteiger partial charge in [-0.2, -0.15) is 10.9 Å². The summed E-state index contributed by atoms with van der Waals surface area (Å²) in [5.41, 5.74) is 0. The van der Waals surface area contributed by atoms with Gasteiger partial charge >= 0.3 is 0 Å². The molecule has 0 nitrogen and oxygen atoms in total. The van der Waals surface area contributed by atoms with Crippen molar-refractivity contribution in [2.24, 2.45) is 0 Å². The number of hydrogen-bond acceptors (Lipinski definition) is 1. The van der Waals surface area contributed by atoms with Crippen molar-refractivity contribution in [3.63, 3.8) is 0 Å². The molecule has 82 valence electrons. The number of benzene rings is 2. The molecule has 0 aromatic heterocycles. The van der Waals surface area contributed by atoms with Crippen molar-refractivity contribution < 1.29 is 0 Å². The van der Waals surface area contributed by atoms with Crippen LogP contribution in [0.1, 0.15) is 0 Å². The quantitative estimate of drug-likeness (QED) is 0.601. The molecular formula is C13H12S3. The zero-order valence-electron chi connectivity index (χ0n) is 8.58. The lowest BCUT2D eigenvalue weighted by Gasteiger charge is -2.20. The van der Waals surface area contributed by atoms with Crippen LogP contribution in [0.2, 0.25) is 0 Å². The minimum Gasteiger partial charge on any atom is -0.157 e. The van der Waals surface area contributed by atoms with Crippen molar-refractivity contribution in [3.05, 3.63) is 60.7 Å². The van der Waals surface area contributed by atoms with E-state index >= 15 is 0 Å². The molecule has 0 aliphatic carbocycles. The molecule has 0 atom stereocenters. The molecule has 0 fully saturated rings. The first kappa shape index (κ1) is 11.7. The Balaban J connectivity index is 2.44. The number of rotatable bonds is 2. The van der Waals surface area contributed by atoms with Gasteiger partial charge < -0.3 is 0 Å². The van der Waals surface area contributed by atoms with E-state index in [9.17, 15) is 0 Å². The summed E-state index contributed by atoms with van der Waals surface area (Å²) < 4.78 is 0.771. The molecule has 3 heteroatoms. The SMILES string of the molecule is S=C(S)[SH](c1ccccc1)c1ccccc1. The van der Waals surface area contributed by atoms with Gasteiger partial charge in [-0.1, -0.05) is 48.6 Å². The van der Waals surface area contributed by atoms with E-state index in [1.54, 1.807) is 0 Å². The Morgan fingerprint density at radius 2 is 1.19 bits per heavy atom. The average Bonchev–Trinajstić information content (AvgIpc) is 2.31. The van der Waals surface area contributed by atoms with Gasteiger partial charge in [-0.25, -0.2) is 0 Å². The molecule has 0 heterocycles. The highest BCUT2D eigenvalue weighted by atomic mass is 32.3. The topological polar surface area (TPSA) is 0 Å². The van der Waals surface area contributed by atoms with E-state index < -0.39 is 10.9 Å². The second kappa shape index (κ2) is 5.53. The average molecular weight is 264 g/mol. The van der Waals surface area contributed by atoms with E-state index in [2.05, 4.69) is 36.9 Å². The second-order valence-electron chi connectivity index (χ2n) is 3.29. The lowest BCUT2D eigenvalue weighted by atomic mass is 10.4. The van der Waals surface area contributed by atoms with Crippen LogP contribution in [0.15, 0.2) is 70.5 Å². The molecule has 2 aromatic rings. The standard InChI is InChI=1S/C13H12S3/c14-13(15)16(11-7-3-1-4-8-11)12-9-5-2-6-10-12/h1-10,16H,(H,14,15). The van der Waals surface area contributed by atoms with Crippen LogP contribution in [0.5, 0.6) is 0 Å². The van der Waals surface area contributed by atoms with Gasteiger partial charge in [0.15, 0.2) is 0 Å². The molecule has 0 unspecified atom stereocenters. The summed E-state index contributed by atoms with van der Waals surface area (Å²) in [6.45, 7) is 0. The first-order valence-corrected chi connectivity index (χ1v) is 7.12. The third-order valence-electron chi connectivity index (χ3n) is 2.22. The maximum atomic E-state index is 5.27. The third kappa shape index (κ3) is 2.67. The molecule has 0 radical (unpaired) electrons. The third-order valence-corrected chi connectivity index (χ3v) is 5.38. The molecule has 16 heavy (non-hydrogen) atoms. The maximum Gasteiger partial charge on any atom is 0.0891 e. The first-order valence-electron chi connectivity index (χ1n) is 4.92. The van der Waals surface area contributed by atoms with Gasteiger partial charge in [0, 0.05) is 0 Å². The molecule has 2 rings (SSSR count). The van der Waals surface area contributed by atoms with Crippen LogP contribution in [-0.2, 0) is 0 Å². The van der Waals surface area contributed by atoms with Crippen LogP contribution in [0.25, 0.3) is 0 Å². The smallest absolute Gasteiger partial charge is 0.0891 e. The Morgan fingerprint density at radius 1 is 0.812 bits per heavy atom. The van der Waals surface area contributed by atoms with Crippen LogP contribution >= 0.6 is 35.7 Å². The van der Waals surface area contributed by atoms with Crippen molar-refractivity contribution in [1.82, 2.24) is 0 Å². The molecule has 2 aromatic carbocycles. The van der Waals surface area contributed by atoms with Gasteiger partial charge in [-0.15, -0.1) is 12.6 Å². The first-order chi connectivity index (χ1) is 7.79. The fourth-order valence-electron chi connectivity index (χ4n) is 1.52. The monoisotopic (exact) mass is 264 g/mol. The van der Waals surface area contributed by atoms with Gasteiger partial charge in [0.1, 0.15) is 0 Å². The van der Waals surface area contributed by atoms with Crippen LogP contribution in [0.3, 0.4) is 0 Å². The molecule has 0 saturated carbocycles. The molecule has 0 aliphatic rings. The summed E-state index contributed by atoms with van der Waals surface area (Å²) >= 11 is 9.65. The van der Waals surface area contributed by atoms with Crippen LogP contribution in [0, 0.1) is 0 Å². The Hall–Kier alpha value is -0.770. The molecule has 0 aliphatic heterocycles. The van der Waals surface area contributed by atoms with E-state index in [1.807, 2.05) is 36.4 Å². The maximum absolute atomic E-state index is 5.27. The molecule has 0 saturated heterocycles. The van der Waals surface area contributed by atoms with E-state index in [0.29, 0.717) is 0 Å². The largest absolute Gasteiger partial charge is 0.157 e. The molecule has 0 amide bonds. The highest BCUT2D eigenvalue weighted by Crippen LogP contribution is 2.46. The normalized spacial score (nSPS) is 10.9. The summed E-state index contributed by atoms with van der Waals surface area (Å²) in [6, 6.07) is 20.6. The summed E-state index contributed by atoms with van der Waals surface area (Å²) in [5, 5.41) is 0. The number of thiol groups is 2. The summed E-state index contributed by atoms with van der Waals surface area (Å²) in [6.07, 6.45) is 0. The zero-order chi connectivity index (χ0) is 11.4. The summed E-state index contributed by atoms with van der Waals surface area (Å²) in [4.78, 5) is 2.51. The highest BCUT2D eigenvalue weighted by Gasteiger charge is 2.11. The zero-order valence-corrected chi connectivity index (χ0v) is 11.2. The summed E-state index contributed by atoms with van der Waals surface area (Å²) in [7, 11) is -0.614. The van der Waals surface area contributed by atoms with E-state index in [-0.39, 0.29) is 0 Å². The predicted octanol–water partition coefficient (Wildman–Crippen LogP) is 4.32. The molecule has 0 bridgehead atoms. The minimum absolute atomic E-state index is 0.614. The van der Waals surface area contributed by atoms with Crippen molar-refractivity contribution in [2.45, 2.75) is 9.79 Å². The second-order valence-corrected chi connectivity index (χ2v) is 7.25. The van der Waals surface area contributed by atoms with E-state index in [4.69, 9.17) is 12.2 Å². The fourth-order valence-corrected chi connectivity index (χ4v) is 4.53. The van der Waals surface area contributed by atoms with Gasteiger partial charge in [0.2, 0.25) is 0 Å². The number of hydrogen-bond donors (Lipinski definition) is 2. The number of thiocarbonyl (C=S) groups is 1. The fraction of sp³-hybridized carbons (Fsp3) is 0. The van der Waals surface area contributed by atoms with Crippen molar-refractivity contribution >= 4 is 39.3 Å². The predicted molar refractivity (Wildman–Crippen MR) is 80.0 cm³/mol. The Morgan fingerprint density at radius 3 is 1.50 bits per heavy atom. The molecule has 0 N–H and O–H groups in total. The van der Waals surface area contributed by atoms with Crippen molar-refractivity contribution in [3.8, 4) is 0 Å². The van der Waals surface area contributed by atoms with Crippen molar-refractivity contribution in [1.29, 1.82) is 0 Å². The Kier molecular flexibility index (Phi) is 4.04. The van der Waals surface area contributed by atoms with Crippen molar-refractivity contribution in [2.75, 3.05) is 0 Å². The van der Waals surface area contributed by atoms with Gasteiger partial charge in [-0.3, -0.25) is 0 Å². The van der Waals surface area contributed by atoms with Gasteiger partial charge in [0.25, 0.3) is 0 Å². The van der Waals surface area contributed by atoms with Gasteiger partial charge in [-0.05, 0) is 34.1 Å². The summed E-state index contributed by atoms with van der Waals surface area (Å²) in [5.74, 6) is 0.